The van der Waals surface area contributed by atoms with E-state index in [0.29, 0.717) is 5.69 Å². The fourth-order valence-corrected chi connectivity index (χ4v) is 1.27. The lowest BCUT2D eigenvalue weighted by Gasteiger charge is -2.07. The maximum atomic E-state index is 11.5. The Kier molecular flexibility index (Phi) is 5.25. The van der Waals surface area contributed by atoms with Crippen molar-refractivity contribution in [1.82, 2.24) is 25.6 Å². The predicted octanol–water partition coefficient (Wildman–Crippen LogP) is -1.62. The predicted molar refractivity (Wildman–Crippen MR) is 64.2 cm³/mol. The second-order valence-electron chi connectivity index (χ2n) is 4.11. The Morgan fingerprint density at radius 2 is 2.17 bits per heavy atom. The van der Waals surface area contributed by atoms with Crippen LogP contribution in [0.4, 0.5) is 0 Å². The number of hydrogen-bond acceptors (Lipinski definition) is 5. The number of carbonyl (C=O) groups is 2. The minimum Gasteiger partial charge on any atom is -0.352 e. The third-order valence-electron chi connectivity index (χ3n) is 1.99. The van der Waals surface area contributed by atoms with Crippen LogP contribution < -0.4 is 16.4 Å². The largest absolute Gasteiger partial charge is 0.352 e. The van der Waals surface area contributed by atoms with E-state index in [2.05, 4.69) is 20.9 Å². The molecule has 0 aliphatic heterocycles. The number of carbonyl (C=O) groups excluding carboxylic acids is 2. The molecule has 8 nitrogen and oxygen atoms in total. The second kappa shape index (κ2) is 6.70. The molecule has 0 aliphatic carbocycles. The fraction of sp³-hybridized carbons (Fsp3) is 0.600. The summed E-state index contributed by atoms with van der Waals surface area (Å²) in [7, 11) is 0. The molecule has 100 valence electrons. The van der Waals surface area contributed by atoms with Gasteiger partial charge in [0, 0.05) is 6.04 Å². The lowest BCUT2D eigenvalue weighted by molar-refractivity contribution is -0.122. The first-order valence-corrected chi connectivity index (χ1v) is 5.66. The molecule has 1 aromatic heterocycles. The summed E-state index contributed by atoms with van der Waals surface area (Å²) in [5.74, 6) is -0.394. The van der Waals surface area contributed by atoms with E-state index in [1.807, 2.05) is 13.8 Å². The van der Waals surface area contributed by atoms with Crippen LogP contribution in [0, 0.1) is 0 Å². The van der Waals surface area contributed by atoms with Gasteiger partial charge in [0.1, 0.15) is 12.2 Å². The van der Waals surface area contributed by atoms with Crippen molar-refractivity contribution in [2.75, 3.05) is 6.54 Å². The van der Waals surface area contributed by atoms with Gasteiger partial charge in [0.2, 0.25) is 11.8 Å². The molecule has 0 unspecified atom stereocenters. The molecule has 0 aliphatic rings. The van der Waals surface area contributed by atoms with Gasteiger partial charge in [-0.25, -0.2) is 4.68 Å². The van der Waals surface area contributed by atoms with E-state index in [-0.39, 0.29) is 37.5 Å². The van der Waals surface area contributed by atoms with Gasteiger partial charge in [-0.1, -0.05) is 5.21 Å². The van der Waals surface area contributed by atoms with E-state index in [4.69, 9.17) is 5.73 Å². The van der Waals surface area contributed by atoms with Gasteiger partial charge in [-0.05, 0) is 13.8 Å². The van der Waals surface area contributed by atoms with Crippen LogP contribution in [-0.4, -0.2) is 39.4 Å². The Bertz CT molecular complexity index is 414. The maximum Gasteiger partial charge on any atom is 0.241 e. The summed E-state index contributed by atoms with van der Waals surface area (Å²) in [6.45, 7) is 4.06. The Balaban J connectivity index is 2.43. The normalized spacial score (nSPS) is 10.4. The summed E-state index contributed by atoms with van der Waals surface area (Å²) in [6.07, 6.45) is 1.61. The van der Waals surface area contributed by atoms with E-state index in [0.717, 1.165) is 0 Å². The Morgan fingerprint density at radius 3 is 2.78 bits per heavy atom. The molecule has 1 heterocycles. The summed E-state index contributed by atoms with van der Waals surface area (Å²) in [4.78, 5) is 22.4. The zero-order chi connectivity index (χ0) is 13.5. The SMILES string of the molecule is CC(C)NC(=O)Cn1cc(CNC(=O)CN)nn1. The summed E-state index contributed by atoms with van der Waals surface area (Å²) in [5.41, 5.74) is 5.73. The summed E-state index contributed by atoms with van der Waals surface area (Å²) in [5, 5.41) is 12.9. The first-order valence-electron chi connectivity index (χ1n) is 5.66. The molecule has 2 amide bonds. The van der Waals surface area contributed by atoms with E-state index < -0.39 is 0 Å². The minimum absolute atomic E-state index is 0.0646. The highest BCUT2D eigenvalue weighted by Crippen LogP contribution is 1.93. The number of amides is 2. The van der Waals surface area contributed by atoms with Gasteiger partial charge < -0.3 is 16.4 Å². The van der Waals surface area contributed by atoms with Gasteiger partial charge >= 0.3 is 0 Å². The Labute approximate surface area is 105 Å². The second-order valence-corrected chi connectivity index (χ2v) is 4.11. The van der Waals surface area contributed by atoms with Crippen molar-refractivity contribution in [2.45, 2.75) is 33.0 Å². The van der Waals surface area contributed by atoms with Crippen molar-refractivity contribution < 1.29 is 9.59 Å². The average Bonchev–Trinajstić information content (AvgIpc) is 2.72. The van der Waals surface area contributed by atoms with Gasteiger partial charge in [0.05, 0.1) is 19.3 Å². The highest BCUT2D eigenvalue weighted by Gasteiger charge is 2.07. The smallest absolute Gasteiger partial charge is 0.241 e. The standard InChI is InChI=1S/C10H18N6O2/c1-7(2)13-10(18)6-16-5-8(14-15-16)4-12-9(17)3-11/h5,7H,3-4,6,11H2,1-2H3,(H,12,17)(H,13,18). The molecular formula is C10H18N6O2. The van der Waals surface area contributed by atoms with Crippen molar-refractivity contribution in [3.05, 3.63) is 11.9 Å². The third-order valence-corrected chi connectivity index (χ3v) is 1.99. The van der Waals surface area contributed by atoms with Crippen molar-refractivity contribution in [1.29, 1.82) is 0 Å². The van der Waals surface area contributed by atoms with Crippen LogP contribution in [0.5, 0.6) is 0 Å². The molecule has 0 saturated carbocycles. The Morgan fingerprint density at radius 1 is 1.44 bits per heavy atom. The van der Waals surface area contributed by atoms with Crippen molar-refractivity contribution >= 4 is 11.8 Å². The van der Waals surface area contributed by atoms with Crippen LogP contribution in [-0.2, 0) is 22.7 Å². The van der Waals surface area contributed by atoms with E-state index >= 15 is 0 Å². The van der Waals surface area contributed by atoms with Gasteiger partial charge in [-0.15, -0.1) is 5.10 Å². The van der Waals surface area contributed by atoms with Crippen LogP contribution in [0.25, 0.3) is 0 Å². The number of rotatable bonds is 6. The fourth-order valence-electron chi connectivity index (χ4n) is 1.27. The first-order chi connectivity index (χ1) is 8.51. The zero-order valence-electron chi connectivity index (χ0n) is 10.5. The monoisotopic (exact) mass is 254 g/mol. The minimum atomic E-state index is -0.262. The molecule has 0 spiro atoms. The van der Waals surface area contributed by atoms with Gasteiger partial charge in [0.15, 0.2) is 0 Å². The highest BCUT2D eigenvalue weighted by atomic mass is 16.2. The molecular weight excluding hydrogens is 236 g/mol. The number of nitrogens with one attached hydrogen (secondary N) is 2. The van der Waals surface area contributed by atoms with Gasteiger partial charge in [-0.3, -0.25) is 9.59 Å². The lowest BCUT2D eigenvalue weighted by atomic mass is 10.4. The van der Waals surface area contributed by atoms with Gasteiger partial charge in [0.25, 0.3) is 0 Å². The topological polar surface area (TPSA) is 115 Å². The zero-order valence-corrected chi connectivity index (χ0v) is 10.5. The molecule has 0 radical (unpaired) electrons. The number of aromatic nitrogens is 3. The molecule has 4 N–H and O–H groups in total. The van der Waals surface area contributed by atoms with Crippen LogP contribution >= 0.6 is 0 Å². The summed E-state index contributed by atoms with van der Waals surface area (Å²) < 4.78 is 1.42. The molecule has 0 aromatic carbocycles. The third kappa shape index (κ3) is 4.91. The molecule has 0 atom stereocenters. The quantitative estimate of drug-likeness (QED) is 0.564. The van der Waals surface area contributed by atoms with E-state index in [1.165, 1.54) is 4.68 Å². The van der Waals surface area contributed by atoms with E-state index in [1.54, 1.807) is 6.20 Å². The molecule has 0 fully saturated rings. The first kappa shape index (κ1) is 14.1. The van der Waals surface area contributed by atoms with Crippen LogP contribution in [0.15, 0.2) is 6.20 Å². The van der Waals surface area contributed by atoms with Gasteiger partial charge in [-0.2, -0.15) is 0 Å². The lowest BCUT2D eigenvalue weighted by Crippen LogP contribution is -2.33. The van der Waals surface area contributed by atoms with Crippen LogP contribution in [0.3, 0.4) is 0 Å². The number of nitrogens with zero attached hydrogens (tertiary/aromatic N) is 3. The molecule has 1 aromatic rings. The van der Waals surface area contributed by atoms with Crippen LogP contribution in [0.2, 0.25) is 0 Å². The molecule has 18 heavy (non-hydrogen) atoms. The molecule has 8 heteroatoms. The number of hydrogen-bond donors (Lipinski definition) is 3. The Hall–Kier alpha value is -1.96. The molecule has 0 bridgehead atoms. The van der Waals surface area contributed by atoms with Crippen molar-refractivity contribution in [3.63, 3.8) is 0 Å². The average molecular weight is 254 g/mol. The van der Waals surface area contributed by atoms with Crippen molar-refractivity contribution in [3.8, 4) is 0 Å². The maximum absolute atomic E-state index is 11.5. The summed E-state index contributed by atoms with van der Waals surface area (Å²) in [6, 6.07) is 0.0873. The van der Waals surface area contributed by atoms with E-state index in [9.17, 15) is 9.59 Å². The molecule has 0 saturated heterocycles. The highest BCUT2D eigenvalue weighted by molar-refractivity contribution is 5.77. The van der Waals surface area contributed by atoms with Crippen LogP contribution in [0.1, 0.15) is 19.5 Å². The number of nitrogens with two attached hydrogens (primary N) is 1. The molecule has 1 rings (SSSR count). The van der Waals surface area contributed by atoms with Crippen molar-refractivity contribution in [2.24, 2.45) is 5.73 Å². The summed E-state index contributed by atoms with van der Waals surface area (Å²) >= 11 is 0.